The number of hydrogen-bond donors (Lipinski definition) is 1. The van der Waals surface area contributed by atoms with E-state index in [0.29, 0.717) is 11.3 Å². The molecule has 1 saturated carbocycles. The highest BCUT2D eigenvalue weighted by molar-refractivity contribution is 5.37. The molecule has 1 fully saturated rings. The zero-order valence-electron chi connectivity index (χ0n) is 14.2. The number of benzene rings is 1. The first kappa shape index (κ1) is 16.5. The zero-order valence-corrected chi connectivity index (χ0v) is 14.2. The van der Waals surface area contributed by atoms with Gasteiger partial charge in [-0.05, 0) is 68.1 Å². The topological polar surface area (TPSA) is 26.0 Å². The lowest BCUT2D eigenvalue weighted by atomic mass is 9.75. The fourth-order valence-corrected chi connectivity index (χ4v) is 4.03. The van der Waals surface area contributed by atoms with Crippen molar-refractivity contribution in [1.82, 2.24) is 0 Å². The summed E-state index contributed by atoms with van der Waals surface area (Å²) in [4.78, 5) is 0. The van der Waals surface area contributed by atoms with Gasteiger partial charge < -0.3 is 5.73 Å². The van der Waals surface area contributed by atoms with Crippen LogP contribution in [0.5, 0.6) is 0 Å². The SMILES string of the molecule is Cc1cc(C)c(C2(N)CCCC(C(C)(C)C)CC2)c(F)c1. The molecule has 0 spiro atoms. The predicted octanol–water partition coefficient (Wildman–Crippen LogP) is 5.22. The lowest BCUT2D eigenvalue weighted by molar-refractivity contribution is 0.210. The number of halogens is 1. The Hall–Kier alpha value is -0.890. The maximum absolute atomic E-state index is 14.5. The van der Waals surface area contributed by atoms with Crippen molar-refractivity contribution in [3.05, 3.63) is 34.6 Å². The van der Waals surface area contributed by atoms with E-state index in [9.17, 15) is 4.39 Å². The molecule has 0 saturated heterocycles. The molecule has 1 aliphatic rings. The normalized spacial score (nSPS) is 27.5. The highest BCUT2D eigenvalue weighted by atomic mass is 19.1. The van der Waals surface area contributed by atoms with E-state index < -0.39 is 5.54 Å². The molecule has 2 atom stereocenters. The summed E-state index contributed by atoms with van der Waals surface area (Å²) in [5.74, 6) is 0.556. The van der Waals surface area contributed by atoms with Crippen molar-refractivity contribution >= 4 is 0 Å². The maximum Gasteiger partial charge on any atom is 0.128 e. The number of aryl methyl sites for hydroxylation is 2. The van der Waals surface area contributed by atoms with E-state index in [2.05, 4.69) is 26.8 Å². The quantitative estimate of drug-likeness (QED) is 0.705. The van der Waals surface area contributed by atoms with Crippen LogP contribution in [0.4, 0.5) is 4.39 Å². The second kappa shape index (κ2) is 5.72. The molecule has 0 aliphatic heterocycles. The standard InChI is InChI=1S/C19H30FN/c1-13-11-14(2)17(16(20)12-13)19(21)9-6-7-15(8-10-19)18(3,4)5/h11-12,15H,6-10,21H2,1-5H3. The van der Waals surface area contributed by atoms with Gasteiger partial charge in [-0.25, -0.2) is 4.39 Å². The van der Waals surface area contributed by atoms with Crippen molar-refractivity contribution in [2.45, 2.75) is 72.3 Å². The number of nitrogens with two attached hydrogens (primary N) is 1. The van der Waals surface area contributed by atoms with Gasteiger partial charge in [0.05, 0.1) is 0 Å². The Morgan fingerprint density at radius 1 is 1.14 bits per heavy atom. The largest absolute Gasteiger partial charge is 0.321 e. The molecule has 0 aromatic heterocycles. The Bertz CT molecular complexity index is 492. The van der Waals surface area contributed by atoms with E-state index in [-0.39, 0.29) is 5.82 Å². The fraction of sp³-hybridized carbons (Fsp3) is 0.684. The van der Waals surface area contributed by atoms with Crippen molar-refractivity contribution < 1.29 is 4.39 Å². The minimum absolute atomic E-state index is 0.121. The molecule has 2 rings (SSSR count). The van der Waals surface area contributed by atoms with Crippen molar-refractivity contribution in [2.75, 3.05) is 0 Å². The van der Waals surface area contributed by atoms with Crippen LogP contribution in [0.2, 0.25) is 0 Å². The number of rotatable bonds is 1. The third kappa shape index (κ3) is 3.48. The zero-order chi connectivity index (χ0) is 15.8. The third-order valence-electron chi connectivity index (χ3n) is 5.27. The summed E-state index contributed by atoms with van der Waals surface area (Å²) in [5.41, 5.74) is 9.24. The average molecular weight is 291 g/mol. The Kier molecular flexibility index (Phi) is 4.49. The molecule has 2 unspecified atom stereocenters. The Morgan fingerprint density at radius 2 is 1.81 bits per heavy atom. The minimum atomic E-state index is -0.498. The lowest BCUT2D eigenvalue weighted by Crippen LogP contribution is -2.38. The van der Waals surface area contributed by atoms with Crippen LogP contribution in [0.1, 0.15) is 69.6 Å². The second-order valence-electron chi connectivity index (χ2n) is 8.09. The summed E-state index contributed by atoms with van der Waals surface area (Å²) in [6.07, 6.45) is 5.16. The van der Waals surface area contributed by atoms with E-state index in [1.54, 1.807) is 6.07 Å². The van der Waals surface area contributed by atoms with Gasteiger partial charge in [0, 0.05) is 11.1 Å². The Labute approximate surface area is 129 Å². The van der Waals surface area contributed by atoms with Gasteiger partial charge in [-0.15, -0.1) is 0 Å². The van der Waals surface area contributed by atoms with Crippen LogP contribution in [0.25, 0.3) is 0 Å². The van der Waals surface area contributed by atoms with Gasteiger partial charge in [0.2, 0.25) is 0 Å². The first-order valence-electron chi connectivity index (χ1n) is 8.19. The van der Waals surface area contributed by atoms with Crippen LogP contribution in [0, 0.1) is 31.0 Å². The van der Waals surface area contributed by atoms with Crippen LogP contribution in [-0.2, 0) is 5.54 Å². The van der Waals surface area contributed by atoms with E-state index in [4.69, 9.17) is 5.73 Å². The summed E-state index contributed by atoms with van der Waals surface area (Å²) in [5, 5.41) is 0. The van der Waals surface area contributed by atoms with Gasteiger partial charge in [0.15, 0.2) is 0 Å². The highest BCUT2D eigenvalue weighted by Crippen LogP contribution is 2.43. The molecule has 1 aliphatic carbocycles. The van der Waals surface area contributed by atoms with Gasteiger partial charge in [0.1, 0.15) is 5.82 Å². The first-order valence-corrected chi connectivity index (χ1v) is 8.19. The van der Waals surface area contributed by atoms with Crippen LogP contribution in [0.15, 0.2) is 12.1 Å². The van der Waals surface area contributed by atoms with E-state index in [1.807, 2.05) is 13.8 Å². The van der Waals surface area contributed by atoms with Gasteiger partial charge >= 0.3 is 0 Å². The fourth-order valence-electron chi connectivity index (χ4n) is 4.03. The molecule has 118 valence electrons. The first-order chi connectivity index (χ1) is 9.63. The molecule has 1 nitrogen and oxygen atoms in total. The Balaban J connectivity index is 2.32. The van der Waals surface area contributed by atoms with Crippen LogP contribution < -0.4 is 5.73 Å². The smallest absolute Gasteiger partial charge is 0.128 e. The van der Waals surface area contributed by atoms with Crippen molar-refractivity contribution in [3.63, 3.8) is 0 Å². The maximum atomic E-state index is 14.5. The molecule has 0 amide bonds. The van der Waals surface area contributed by atoms with Gasteiger partial charge in [0.25, 0.3) is 0 Å². The highest BCUT2D eigenvalue weighted by Gasteiger charge is 2.37. The molecule has 0 bridgehead atoms. The third-order valence-corrected chi connectivity index (χ3v) is 5.27. The molecular formula is C19H30FN. The molecule has 0 heterocycles. The number of hydrogen-bond acceptors (Lipinski definition) is 1. The average Bonchev–Trinajstić information content (AvgIpc) is 2.49. The summed E-state index contributed by atoms with van der Waals surface area (Å²) in [6, 6.07) is 3.68. The van der Waals surface area contributed by atoms with Gasteiger partial charge in [-0.2, -0.15) is 0 Å². The molecule has 1 aromatic rings. The van der Waals surface area contributed by atoms with Gasteiger partial charge in [-0.1, -0.05) is 33.3 Å². The minimum Gasteiger partial charge on any atom is -0.321 e. The summed E-state index contributed by atoms with van der Waals surface area (Å²) >= 11 is 0. The van der Waals surface area contributed by atoms with Crippen LogP contribution in [-0.4, -0.2) is 0 Å². The van der Waals surface area contributed by atoms with E-state index in [1.165, 1.54) is 6.42 Å². The van der Waals surface area contributed by atoms with E-state index >= 15 is 0 Å². The van der Waals surface area contributed by atoms with Crippen molar-refractivity contribution in [2.24, 2.45) is 17.1 Å². The molecule has 2 heteroatoms. The second-order valence-corrected chi connectivity index (χ2v) is 8.09. The molecule has 2 N–H and O–H groups in total. The van der Waals surface area contributed by atoms with Gasteiger partial charge in [-0.3, -0.25) is 0 Å². The van der Waals surface area contributed by atoms with Crippen LogP contribution >= 0.6 is 0 Å². The summed E-state index contributed by atoms with van der Waals surface area (Å²) in [7, 11) is 0. The summed E-state index contributed by atoms with van der Waals surface area (Å²) in [6.45, 7) is 10.8. The Morgan fingerprint density at radius 3 is 2.38 bits per heavy atom. The molecule has 0 radical (unpaired) electrons. The van der Waals surface area contributed by atoms with Crippen LogP contribution in [0.3, 0.4) is 0 Å². The lowest BCUT2D eigenvalue weighted by Gasteiger charge is -2.33. The monoisotopic (exact) mass is 291 g/mol. The van der Waals surface area contributed by atoms with Crippen molar-refractivity contribution in [3.8, 4) is 0 Å². The van der Waals surface area contributed by atoms with Crippen molar-refractivity contribution in [1.29, 1.82) is 0 Å². The van der Waals surface area contributed by atoms with E-state index in [0.717, 1.165) is 42.4 Å². The molecular weight excluding hydrogens is 261 g/mol. The summed E-state index contributed by atoms with van der Waals surface area (Å²) < 4.78 is 14.5. The predicted molar refractivity (Wildman–Crippen MR) is 87.8 cm³/mol. The molecule has 21 heavy (non-hydrogen) atoms. The molecule has 1 aromatic carbocycles.